The topological polar surface area (TPSA) is 76.8 Å². The molecule has 1 fully saturated rings. The van der Waals surface area contributed by atoms with Crippen LogP contribution in [0.4, 0.5) is 0 Å². The zero-order valence-electron chi connectivity index (χ0n) is 15.4. The van der Waals surface area contributed by atoms with Crippen LogP contribution in [0.1, 0.15) is 10.4 Å². The summed E-state index contributed by atoms with van der Waals surface area (Å²) in [7, 11) is 0. The molecule has 0 saturated heterocycles. The molecular formula is C22H18Fe2O4S+. The van der Waals surface area contributed by atoms with Crippen LogP contribution in [-0.2, 0) is 46.6 Å². The summed E-state index contributed by atoms with van der Waals surface area (Å²) in [4.78, 5) is 11.7. The van der Waals surface area contributed by atoms with Crippen molar-refractivity contribution in [3.8, 4) is 0 Å². The SMILES string of the molecule is CS[C-]=[Fe].O=C(c1ccccc1)C1C=CC=C1.[C-]#[O+].[C-]#[O+].[C-]#[O+].[CH]1[CH][CH][CH][CH]1.[Fe+2]. The van der Waals surface area contributed by atoms with Crippen LogP contribution in [0.2, 0.25) is 0 Å². The second-order valence-corrected chi connectivity index (χ2v) is 5.49. The van der Waals surface area contributed by atoms with Gasteiger partial charge in [-0.2, -0.15) is 0 Å². The molecule has 5 radical (unpaired) electrons. The molecule has 1 aromatic carbocycles. The number of hydrogen-bond donors (Lipinski definition) is 0. The minimum atomic E-state index is -0.0533. The van der Waals surface area contributed by atoms with Crippen LogP contribution in [0.15, 0.2) is 54.6 Å². The molecule has 0 aromatic heterocycles. The van der Waals surface area contributed by atoms with Gasteiger partial charge in [0, 0.05) is 5.56 Å². The van der Waals surface area contributed by atoms with Gasteiger partial charge in [0.25, 0.3) is 0 Å². The first kappa shape index (κ1) is 35.3. The van der Waals surface area contributed by atoms with E-state index in [0.717, 1.165) is 5.56 Å². The first-order valence-corrected chi connectivity index (χ1v) is 9.17. The Balaban J connectivity index is -0.000000164. The van der Waals surface area contributed by atoms with E-state index in [4.69, 9.17) is 14.0 Å². The third-order valence-electron chi connectivity index (χ3n) is 2.74. The van der Waals surface area contributed by atoms with Crippen LogP contribution < -0.4 is 0 Å². The van der Waals surface area contributed by atoms with Crippen molar-refractivity contribution in [3.05, 3.63) is 112 Å². The summed E-state index contributed by atoms with van der Waals surface area (Å²) in [5.41, 5.74) is 0.781. The van der Waals surface area contributed by atoms with Gasteiger partial charge in [0.05, 0.1) is 5.92 Å². The Morgan fingerprint density at radius 2 is 1.24 bits per heavy atom. The zero-order chi connectivity index (χ0) is 22.0. The van der Waals surface area contributed by atoms with Crippen LogP contribution in [0.3, 0.4) is 0 Å². The Labute approximate surface area is 197 Å². The fraction of sp³-hybridized carbons (Fsp3) is 0.0909. The largest absolute Gasteiger partial charge is 2.00 e. The van der Waals surface area contributed by atoms with Gasteiger partial charge in [-0.15, -0.1) is 0 Å². The Kier molecular flexibility index (Phi) is 38.4. The number of thioether (sulfide) groups is 1. The summed E-state index contributed by atoms with van der Waals surface area (Å²) in [6.45, 7) is 13.5. The van der Waals surface area contributed by atoms with E-state index in [9.17, 15) is 4.79 Å². The third-order valence-corrected chi connectivity index (χ3v) is 3.56. The second kappa shape index (κ2) is 31.5. The summed E-state index contributed by atoms with van der Waals surface area (Å²) in [6, 6.07) is 9.38. The number of ketones is 1. The number of carbonyl (C=O) groups is 1. The number of Topliss-reactive ketones (excluding diaryl/α,β-unsaturated/α-hetero) is 1. The van der Waals surface area contributed by atoms with Crippen LogP contribution in [-0.4, -0.2) is 16.3 Å². The van der Waals surface area contributed by atoms with Gasteiger partial charge >= 0.3 is 88.8 Å². The molecule has 0 bridgehead atoms. The molecule has 0 unspecified atom stereocenters. The molecule has 4 nitrogen and oxygen atoms in total. The summed E-state index contributed by atoms with van der Waals surface area (Å²) in [5, 5.41) is 0. The second-order valence-electron chi connectivity index (χ2n) is 4.26. The van der Waals surface area contributed by atoms with E-state index >= 15 is 0 Å². The molecule has 0 heterocycles. The van der Waals surface area contributed by atoms with E-state index in [0.29, 0.717) is 0 Å². The van der Waals surface area contributed by atoms with Gasteiger partial charge in [0.1, 0.15) is 0 Å². The molecule has 151 valence electrons. The van der Waals surface area contributed by atoms with E-state index in [1.165, 1.54) is 11.8 Å². The number of carbonyl (C=O) groups excluding carboxylic acids is 1. The number of hydrogen-bond acceptors (Lipinski definition) is 2. The normalized spacial score (nSPS) is 12.0. The minimum absolute atomic E-state index is 0. The van der Waals surface area contributed by atoms with E-state index in [1.807, 2.05) is 93.0 Å². The Bertz CT molecular complexity index is 585. The monoisotopic (exact) mass is 490 g/mol. The maximum absolute atomic E-state index is 11.7. The van der Waals surface area contributed by atoms with Gasteiger partial charge in [-0.1, -0.05) is 54.6 Å². The zero-order valence-corrected chi connectivity index (χ0v) is 18.4. The fourth-order valence-electron chi connectivity index (χ4n) is 1.72. The minimum Gasteiger partial charge on any atom is -0.0312 e. The Hall–Kier alpha value is -1.15. The molecule has 0 aliphatic heterocycles. The van der Waals surface area contributed by atoms with E-state index in [1.54, 1.807) is 0 Å². The van der Waals surface area contributed by atoms with Crippen LogP contribution in [0.25, 0.3) is 0 Å². The average Bonchev–Trinajstić information content (AvgIpc) is 3.55. The Morgan fingerprint density at radius 3 is 1.55 bits per heavy atom. The fourth-order valence-corrected chi connectivity index (χ4v) is 1.72. The molecule has 7 heteroatoms. The molecule has 1 aromatic rings. The number of benzene rings is 1. The molecular weight excluding hydrogens is 472 g/mol. The van der Waals surface area contributed by atoms with E-state index in [-0.39, 0.29) is 28.8 Å². The van der Waals surface area contributed by atoms with Crippen molar-refractivity contribution in [2.75, 3.05) is 6.26 Å². The molecule has 2 aliphatic rings. The first-order chi connectivity index (χ1) is 13.8. The molecule has 3 rings (SSSR count). The summed E-state index contributed by atoms with van der Waals surface area (Å²) >= 11 is 4.81. The Morgan fingerprint density at radius 1 is 0.897 bits per heavy atom. The average molecular weight is 490 g/mol. The van der Waals surface area contributed by atoms with Gasteiger partial charge < -0.3 is 0 Å². The van der Waals surface area contributed by atoms with Crippen molar-refractivity contribution in [2.45, 2.75) is 0 Å². The van der Waals surface area contributed by atoms with Crippen molar-refractivity contribution >= 4 is 21.8 Å². The number of rotatable bonds is 3. The van der Waals surface area contributed by atoms with Crippen LogP contribution in [0.5, 0.6) is 0 Å². The predicted octanol–water partition coefficient (Wildman–Crippen LogP) is 4.05. The summed E-state index contributed by atoms with van der Waals surface area (Å²) in [6.07, 6.45) is 19.6. The quantitative estimate of drug-likeness (QED) is 0.278. The summed E-state index contributed by atoms with van der Waals surface area (Å²) in [5.74, 6) is 0.119. The molecule has 0 spiro atoms. The third kappa shape index (κ3) is 21.4. The van der Waals surface area contributed by atoms with Gasteiger partial charge in [0.15, 0.2) is 5.78 Å². The van der Waals surface area contributed by atoms with Crippen molar-refractivity contribution in [2.24, 2.45) is 5.92 Å². The molecule has 29 heavy (non-hydrogen) atoms. The maximum Gasteiger partial charge on any atom is 2.00 e. The first-order valence-electron chi connectivity index (χ1n) is 7.39. The van der Waals surface area contributed by atoms with Crippen molar-refractivity contribution < 1.29 is 51.4 Å². The van der Waals surface area contributed by atoms with Crippen molar-refractivity contribution in [3.63, 3.8) is 0 Å². The van der Waals surface area contributed by atoms with Gasteiger partial charge in [-0.3, -0.25) is 4.79 Å². The standard InChI is InChI=1S/C12H10O.C5H5.C2H3S.3CO.2Fe/c13-12(11-8-4-5-9-11)10-6-2-1-3-7-10;1-2-4-5-3-1;1-3-2;3*1-2;;/h1-9,11H;1-5H;1H3;;;;;/q;;-1;;;;;+2. The molecule has 0 amide bonds. The molecule has 2 aliphatic carbocycles. The van der Waals surface area contributed by atoms with E-state index in [2.05, 4.69) is 39.8 Å². The smallest absolute Gasteiger partial charge is 0.0312 e. The van der Waals surface area contributed by atoms with E-state index < -0.39 is 0 Å². The molecule has 1 saturated carbocycles. The van der Waals surface area contributed by atoms with Gasteiger partial charge in [0.2, 0.25) is 0 Å². The molecule has 0 atom stereocenters. The van der Waals surface area contributed by atoms with Gasteiger partial charge in [-0.25, -0.2) is 0 Å². The van der Waals surface area contributed by atoms with Crippen LogP contribution in [0, 0.1) is 58.0 Å². The molecule has 0 N–H and O–H groups in total. The van der Waals surface area contributed by atoms with Crippen molar-refractivity contribution in [1.82, 2.24) is 0 Å². The maximum atomic E-state index is 11.7. The van der Waals surface area contributed by atoms with Crippen molar-refractivity contribution in [1.29, 1.82) is 0 Å². The predicted molar refractivity (Wildman–Crippen MR) is 104 cm³/mol. The van der Waals surface area contributed by atoms with Crippen LogP contribution >= 0.6 is 11.8 Å². The summed E-state index contributed by atoms with van der Waals surface area (Å²) < 4.78 is 25.1. The number of allylic oxidation sites excluding steroid dienone is 4. The van der Waals surface area contributed by atoms with Gasteiger partial charge in [-0.05, 0) is 32.1 Å².